The summed E-state index contributed by atoms with van der Waals surface area (Å²) in [5, 5.41) is 0.631. The second-order valence-electron chi connectivity index (χ2n) is 6.94. The number of nitrogens with zero attached hydrogens (tertiary/aromatic N) is 3. The van der Waals surface area contributed by atoms with Gasteiger partial charge in [0, 0.05) is 24.7 Å². The number of nitrogens with one attached hydrogen (secondary N) is 1. The first-order valence-electron chi connectivity index (χ1n) is 9.64. The summed E-state index contributed by atoms with van der Waals surface area (Å²) in [5.74, 6) is -0.269. The topological polar surface area (TPSA) is 104 Å². The van der Waals surface area contributed by atoms with E-state index in [1.54, 1.807) is 13.0 Å². The normalized spacial score (nSPS) is 11.1. The fourth-order valence-electron chi connectivity index (χ4n) is 3.15. The van der Waals surface area contributed by atoms with Crippen molar-refractivity contribution in [3.63, 3.8) is 0 Å². The number of aromatic amines is 1. The zero-order valence-electron chi connectivity index (χ0n) is 17.1. The van der Waals surface area contributed by atoms with Crippen molar-refractivity contribution >= 4 is 29.0 Å². The molecule has 1 aromatic carbocycles. The van der Waals surface area contributed by atoms with Crippen LogP contribution in [0.2, 0.25) is 5.02 Å². The van der Waals surface area contributed by atoms with E-state index in [0.717, 1.165) is 18.4 Å². The minimum atomic E-state index is -0.659. The molecule has 8 nitrogen and oxygen atoms in total. The highest BCUT2D eigenvalue weighted by Crippen LogP contribution is 2.18. The van der Waals surface area contributed by atoms with Gasteiger partial charge in [-0.25, -0.2) is 4.79 Å². The molecule has 0 spiro atoms. The third kappa shape index (κ3) is 5.71. The van der Waals surface area contributed by atoms with Crippen molar-refractivity contribution in [2.24, 2.45) is 0 Å². The number of amides is 1. The van der Waals surface area contributed by atoms with Crippen molar-refractivity contribution < 1.29 is 4.79 Å². The second-order valence-corrected chi connectivity index (χ2v) is 7.37. The monoisotopic (exact) mass is 421 g/mol. The van der Waals surface area contributed by atoms with Crippen LogP contribution in [-0.4, -0.2) is 40.5 Å². The summed E-state index contributed by atoms with van der Waals surface area (Å²) in [7, 11) is 1.81. The minimum absolute atomic E-state index is 0.0138. The van der Waals surface area contributed by atoms with Gasteiger partial charge in [0.15, 0.2) is 5.69 Å². The number of halogens is 1. The molecule has 1 heterocycles. The van der Waals surface area contributed by atoms with E-state index in [1.165, 1.54) is 9.47 Å². The third-order valence-electron chi connectivity index (χ3n) is 4.58. The van der Waals surface area contributed by atoms with Crippen LogP contribution in [0.15, 0.2) is 33.9 Å². The predicted molar refractivity (Wildman–Crippen MR) is 116 cm³/mol. The lowest BCUT2D eigenvalue weighted by Crippen LogP contribution is -2.44. The summed E-state index contributed by atoms with van der Waals surface area (Å²) < 4.78 is 1.31. The second kappa shape index (κ2) is 10.3. The van der Waals surface area contributed by atoms with Gasteiger partial charge >= 0.3 is 5.69 Å². The van der Waals surface area contributed by atoms with Gasteiger partial charge < -0.3 is 10.6 Å². The number of benzene rings is 1. The molecule has 158 valence electrons. The SMILES string of the molecule is CCCCn1c(N)c(N(CC)C(=O)CN(C)Cc2cccc(Cl)c2)c(=O)[nH]c1=O. The Kier molecular flexibility index (Phi) is 8.04. The lowest BCUT2D eigenvalue weighted by molar-refractivity contribution is -0.119. The van der Waals surface area contributed by atoms with Gasteiger partial charge in [-0.15, -0.1) is 0 Å². The summed E-state index contributed by atoms with van der Waals surface area (Å²) >= 11 is 6.01. The van der Waals surface area contributed by atoms with Crippen LogP contribution >= 0.6 is 11.6 Å². The fourth-order valence-corrected chi connectivity index (χ4v) is 3.37. The average molecular weight is 422 g/mol. The molecular weight excluding hydrogens is 394 g/mol. The lowest BCUT2D eigenvalue weighted by atomic mass is 10.2. The predicted octanol–water partition coefficient (Wildman–Crippen LogP) is 2.06. The fraction of sp³-hybridized carbons (Fsp3) is 0.450. The van der Waals surface area contributed by atoms with E-state index >= 15 is 0 Å². The molecule has 29 heavy (non-hydrogen) atoms. The van der Waals surface area contributed by atoms with Gasteiger partial charge in [-0.05, 0) is 38.1 Å². The summed E-state index contributed by atoms with van der Waals surface area (Å²) in [6, 6.07) is 7.41. The zero-order chi connectivity index (χ0) is 21.6. The standard InChI is InChI=1S/C20H28ClN5O3/c1-4-6-10-26-18(22)17(19(28)23-20(26)29)25(5-2)16(27)13-24(3)12-14-8-7-9-15(21)11-14/h7-9,11H,4-6,10,12-13,22H2,1-3H3,(H,23,28,29). The number of hydrogen-bond donors (Lipinski definition) is 2. The smallest absolute Gasteiger partial charge is 0.330 e. The number of nitrogens with two attached hydrogens (primary N) is 1. The maximum Gasteiger partial charge on any atom is 0.330 e. The van der Waals surface area contributed by atoms with Gasteiger partial charge in [0.05, 0.1) is 6.54 Å². The maximum atomic E-state index is 12.9. The zero-order valence-corrected chi connectivity index (χ0v) is 17.8. The van der Waals surface area contributed by atoms with Gasteiger partial charge in [-0.2, -0.15) is 0 Å². The van der Waals surface area contributed by atoms with Crippen LogP contribution in [0.4, 0.5) is 11.5 Å². The Hall–Kier alpha value is -2.58. The summed E-state index contributed by atoms with van der Waals surface area (Å²) in [4.78, 5) is 42.9. The molecule has 2 aromatic rings. The number of carbonyl (C=O) groups is 1. The van der Waals surface area contributed by atoms with Crippen LogP contribution in [0, 0.1) is 0 Å². The highest BCUT2D eigenvalue weighted by molar-refractivity contribution is 6.30. The first kappa shape index (κ1) is 22.7. The molecule has 1 amide bonds. The van der Waals surface area contributed by atoms with Crippen molar-refractivity contribution in [2.45, 2.75) is 39.8 Å². The molecule has 9 heteroatoms. The first-order chi connectivity index (χ1) is 13.8. The summed E-state index contributed by atoms with van der Waals surface area (Å²) in [5.41, 5.74) is 5.90. The largest absolute Gasteiger partial charge is 0.383 e. The number of carbonyl (C=O) groups excluding carboxylic acids is 1. The highest BCUT2D eigenvalue weighted by atomic mass is 35.5. The molecule has 3 N–H and O–H groups in total. The van der Waals surface area contributed by atoms with E-state index in [9.17, 15) is 14.4 Å². The van der Waals surface area contributed by atoms with Crippen LogP contribution in [-0.2, 0) is 17.9 Å². The van der Waals surface area contributed by atoms with E-state index in [-0.39, 0.29) is 30.5 Å². The van der Waals surface area contributed by atoms with Crippen molar-refractivity contribution in [3.8, 4) is 0 Å². The quantitative estimate of drug-likeness (QED) is 0.644. The lowest BCUT2D eigenvalue weighted by Gasteiger charge is -2.25. The van der Waals surface area contributed by atoms with Gasteiger partial charge in [-0.3, -0.25) is 24.0 Å². The third-order valence-corrected chi connectivity index (χ3v) is 4.82. The molecule has 0 saturated carbocycles. The van der Waals surface area contributed by atoms with Crippen molar-refractivity contribution in [1.29, 1.82) is 0 Å². The Morgan fingerprint density at radius 1 is 1.28 bits per heavy atom. The molecule has 0 unspecified atom stereocenters. The number of H-pyrrole nitrogens is 1. The van der Waals surface area contributed by atoms with Crippen LogP contribution in [0.1, 0.15) is 32.3 Å². The summed E-state index contributed by atoms with van der Waals surface area (Å²) in [6.07, 6.45) is 1.60. The number of anilines is 2. The molecule has 0 radical (unpaired) electrons. The number of likely N-dealkylation sites (N-methyl/N-ethyl adjacent to an activating group) is 2. The van der Waals surface area contributed by atoms with E-state index in [2.05, 4.69) is 4.98 Å². The van der Waals surface area contributed by atoms with E-state index < -0.39 is 11.2 Å². The average Bonchev–Trinajstić information content (AvgIpc) is 2.64. The highest BCUT2D eigenvalue weighted by Gasteiger charge is 2.23. The van der Waals surface area contributed by atoms with Gasteiger partial charge in [0.2, 0.25) is 5.91 Å². The molecule has 0 atom stereocenters. The van der Waals surface area contributed by atoms with Crippen molar-refractivity contribution in [1.82, 2.24) is 14.5 Å². The Morgan fingerprint density at radius 3 is 2.62 bits per heavy atom. The molecule has 0 aliphatic heterocycles. The number of hydrogen-bond acceptors (Lipinski definition) is 5. The molecule has 0 aliphatic carbocycles. The van der Waals surface area contributed by atoms with E-state index in [4.69, 9.17) is 17.3 Å². The Labute approximate surface area is 174 Å². The molecule has 0 fully saturated rings. The van der Waals surface area contributed by atoms with Gasteiger partial charge in [0.25, 0.3) is 5.56 Å². The van der Waals surface area contributed by atoms with Crippen molar-refractivity contribution in [3.05, 3.63) is 55.7 Å². The van der Waals surface area contributed by atoms with E-state index in [0.29, 0.717) is 18.1 Å². The number of nitrogen functional groups attached to an aromatic ring is 1. The van der Waals surface area contributed by atoms with Crippen molar-refractivity contribution in [2.75, 3.05) is 30.8 Å². The maximum absolute atomic E-state index is 12.9. The molecule has 0 aliphatic rings. The molecule has 1 aromatic heterocycles. The Bertz CT molecular complexity index is 969. The minimum Gasteiger partial charge on any atom is -0.383 e. The van der Waals surface area contributed by atoms with Gasteiger partial charge in [-0.1, -0.05) is 37.1 Å². The Balaban J connectivity index is 2.24. The molecule has 2 rings (SSSR count). The first-order valence-corrected chi connectivity index (χ1v) is 10.0. The Morgan fingerprint density at radius 2 is 2.00 bits per heavy atom. The number of unbranched alkanes of at least 4 members (excludes halogenated alkanes) is 1. The van der Waals surface area contributed by atoms with Crippen LogP contribution < -0.4 is 21.9 Å². The number of aromatic nitrogens is 2. The molecule has 0 bridgehead atoms. The summed E-state index contributed by atoms with van der Waals surface area (Å²) in [6.45, 7) is 4.98. The van der Waals surface area contributed by atoms with Gasteiger partial charge in [0.1, 0.15) is 5.82 Å². The van der Waals surface area contributed by atoms with Crippen LogP contribution in [0.25, 0.3) is 0 Å². The number of rotatable bonds is 9. The van der Waals surface area contributed by atoms with E-state index in [1.807, 2.05) is 37.1 Å². The molecular formula is C20H28ClN5O3. The molecule has 0 saturated heterocycles. The van der Waals surface area contributed by atoms with Crippen LogP contribution in [0.3, 0.4) is 0 Å². The van der Waals surface area contributed by atoms with Crippen LogP contribution in [0.5, 0.6) is 0 Å².